The number of likely N-dealkylation sites (N-methyl/N-ethyl adjacent to an activating group) is 1. The number of aliphatic hydroxyl groups is 1. The number of para-hydroxylation sites is 2. The number of carbonyl (C=O) groups excluding carboxylic acids is 4. The van der Waals surface area contributed by atoms with E-state index >= 15 is 0 Å². The molecule has 1 aliphatic rings. The first kappa shape index (κ1) is 40.0. The van der Waals surface area contributed by atoms with Crippen LogP contribution >= 0.6 is 15.9 Å². The van der Waals surface area contributed by atoms with Gasteiger partial charge in [-0.3, -0.25) is 19.3 Å². The summed E-state index contributed by atoms with van der Waals surface area (Å²) in [6.45, 7) is 6.08. The van der Waals surface area contributed by atoms with Crippen LogP contribution in [0.1, 0.15) is 55.3 Å². The Bertz CT molecular complexity index is 2070. The second kappa shape index (κ2) is 15.7. The zero-order chi connectivity index (χ0) is 39.7. The lowest BCUT2D eigenvalue weighted by molar-refractivity contribution is -0.206. The SMILES string of the molecule is COc1ccc2cc(Br)ccc2c1CN1C(=O)[C@@H](NC(=O)[C@H](C)N(C)C(=O)OC(C)(C)C)CN(C(=O)c2ccc(C(O)C(F)(F)F)cc2)c2ccccc21. The van der Waals surface area contributed by atoms with Gasteiger partial charge in [-0.05, 0) is 86.5 Å². The molecule has 4 aromatic rings. The Balaban J connectivity index is 1.59. The van der Waals surface area contributed by atoms with Crippen molar-refractivity contribution in [3.05, 3.63) is 100 Å². The van der Waals surface area contributed by atoms with Gasteiger partial charge in [0.05, 0.1) is 31.6 Å². The molecule has 2 N–H and O–H groups in total. The summed E-state index contributed by atoms with van der Waals surface area (Å²) < 4.78 is 51.6. The van der Waals surface area contributed by atoms with E-state index in [0.29, 0.717) is 17.0 Å². The molecule has 5 rings (SSSR count). The highest BCUT2D eigenvalue weighted by molar-refractivity contribution is 9.10. The minimum absolute atomic E-state index is 0.0340. The molecule has 0 aliphatic carbocycles. The van der Waals surface area contributed by atoms with Crippen molar-refractivity contribution in [2.45, 2.75) is 64.2 Å². The minimum Gasteiger partial charge on any atom is -0.496 e. The summed E-state index contributed by atoms with van der Waals surface area (Å²) >= 11 is 3.50. The molecule has 1 heterocycles. The molecule has 0 saturated carbocycles. The normalized spacial score (nSPS) is 15.9. The topological polar surface area (TPSA) is 129 Å². The van der Waals surface area contributed by atoms with E-state index in [-0.39, 0.29) is 24.3 Å². The van der Waals surface area contributed by atoms with E-state index < -0.39 is 59.3 Å². The smallest absolute Gasteiger partial charge is 0.418 e. The molecule has 3 atom stereocenters. The summed E-state index contributed by atoms with van der Waals surface area (Å²) in [4.78, 5) is 59.4. The lowest BCUT2D eigenvalue weighted by Gasteiger charge is -2.30. The van der Waals surface area contributed by atoms with Gasteiger partial charge in [-0.15, -0.1) is 0 Å². The van der Waals surface area contributed by atoms with Crippen LogP contribution < -0.4 is 19.9 Å². The Morgan fingerprint density at radius 3 is 2.26 bits per heavy atom. The average molecular weight is 814 g/mol. The van der Waals surface area contributed by atoms with E-state index in [2.05, 4.69) is 21.2 Å². The molecule has 1 aliphatic heterocycles. The lowest BCUT2D eigenvalue weighted by atomic mass is 10.0. The van der Waals surface area contributed by atoms with Gasteiger partial charge in [-0.25, -0.2) is 4.79 Å². The lowest BCUT2D eigenvalue weighted by Crippen LogP contribution is -2.57. The number of anilines is 2. The number of carbonyl (C=O) groups is 4. The summed E-state index contributed by atoms with van der Waals surface area (Å²) in [5.74, 6) is -1.49. The molecule has 0 saturated heterocycles. The maximum Gasteiger partial charge on any atom is 0.418 e. The molecule has 286 valence electrons. The number of halogens is 4. The second-order valence-corrected chi connectivity index (χ2v) is 14.8. The third kappa shape index (κ3) is 8.63. The van der Waals surface area contributed by atoms with Gasteiger partial charge in [0.25, 0.3) is 11.8 Å². The molecular weight excluding hydrogens is 773 g/mol. The molecule has 15 heteroatoms. The van der Waals surface area contributed by atoms with Crippen LogP contribution in [-0.4, -0.2) is 78.4 Å². The fraction of sp³-hybridized carbons (Fsp3) is 0.333. The summed E-state index contributed by atoms with van der Waals surface area (Å²) in [5, 5.41) is 14.1. The molecule has 0 spiro atoms. The Morgan fingerprint density at radius 2 is 1.65 bits per heavy atom. The molecular formula is C39H40BrF3N4O7. The number of fused-ring (bicyclic) bond motifs is 2. The highest BCUT2D eigenvalue weighted by Gasteiger charge is 2.41. The Hall–Kier alpha value is -5.15. The number of benzene rings is 4. The van der Waals surface area contributed by atoms with Gasteiger partial charge >= 0.3 is 12.3 Å². The first-order valence-corrected chi connectivity index (χ1v) is 17.7. The van der Waals surface area contributed by atoms with Gasteiger partial charge in [-0.2, -0.15) is 13.2 Å². The molecule has 54 heavy (non-hydrogen) atoms. The number of hydrogen-bond donors (Lipinski definition) is 2. The quantitative estimate of drug-likeness (QED) is 0.194. The highest BCUT2D eigenvalue weighted by atomic mass is 79.9. The first-order chi connectivity index (χ1) is 25.3. The number of nitrogens with zero attached hydrogens (tertiary/aromatic N) is 3. The second-order valence-electron chi connectivity index (χ2n) is 13.8. The monoisotopic (exact) mass is 812 g/mol. The van der Waals surface area contributed by atoms with Gasteiger partial charge in [0.15, 0.2) is 6.10 Å². The number of amides is 4. The van der Waals surface area contributed by atoms with Crippen LogP contribution in [0.15, 0.2) is 83.3 Å². The van der Waals surface area contributed by atoms with Crippen molar-refractivity contribution in [3.8, 4) is 5.75 Å². The fourth-order valence-corrected chi connectivity index (χ4v) is 6.40. The van der Waals surface area contributed by atoms with Gasteiger partial charge < -0.3 is 29.7 Å². The largest absolute Gasteiger partial charge is 0.496 e. The fourth-order valence-electron chi connectivity index (χ4n) is 6.02. The van der Waals surface area contributed by atoms with Gasteiger partial charge in [0.1, 0.15) is 23.4 Å². The minimum atomic E-state index is -4.91. The van der Waals surface area contributed by atoms with Gasteiger partial charge in [-0.1, -0.05) is 52.3 Å². The molecule has 0 aromatic heterocycles. The van der Waals surface area contributed by atoms with E-state index in [1.54, 1.807) is 51.1 Å². The summed E-state index contributed by atoms with van der Waals surface area (Å²) in [6, 6.07) is 17.8. The van der Waals surface area contributed by atoms with Crippen LogP contribution in [-0.2, 0) is 20.9 Å². The Labute approximate surface area is 318 Å². The molecule has 4 aromatic carbocycles. The van der Waals surface area contributed by atoms with Crippen LogP contribution in [0.5, 0.6) is 5.75 Å². The number of hydrogen-bond acceptors (Lipinski definition) is 7. The number of nitrogens with one attached hydrogen (secondary N) is 1. The highest BCUT2D eigenvalue weighted by Crippen LogP contribution is 2.38. The van der Waals surface area contributed by atoms with E-state index in [9.17, 15) is 37.5 Å². The van der Waals surface area contributed by atoms with Crippen molar-refractivity contribution in [1.29, 1.82) is 0 Å². The first-order valence-electron chi connectivity index (χ1n) is 16.9. The van der Waals surface area contributed by atoms with Crippen molar-refractivity contribution in [2.75, 3.05) is 30.5 Å². The van der Waals surface area contributed by atoms with Gasteiger partial charge in [0.2, 0.25) is 5.91 Å². The third-order valence-corrected chi connectivity index (χ3v) is 9.46. The zero-order valence-corrected chi connectivity index (χ0v) is 32.0. The van der Waals surface area contributed by atoms with Crippen molar-refractivity contribution in [1.82, 2.24) is 10.2 Å². The number of ether oxygens (including phenoxy) is 2. The van der Waals surface area contributed by atoms with E-state index in [4.69, 9.17) is 9.47 Å². The zero-order valence-electron chi connectivity index (χ0n) is 30.4. The molecule has 1 unspecified atom stereocenters. The van der Waals surface area contributed by atoms with Gasteiger partial charge in [0, 0.05) is 22.6 Å². The van der Waals surface area contributed by atoms with E-state index in [0.717, 1.165) is 44.4 Å². The maximum atomic E-state index is 14.8. The summed E-state index contributed by atoms with van der Waals surface area (Å²) in [5.41, 5.74) is -0.0884. The van der Waals surface area contributed by atoms with Crippen LogP contribution in [0.2, 0.25) is 0 Å². The van der Waals surface area contributed by atoms with Crippen molar-refractivity contribution < 1.29 is 46.9 Å². The Morgan fingerprint density at radius 1 is 1.00 bits per heavy atom. The predicted octanol–water partition coefficient (Wildman–Crippen LogP) is 7.14. The Kier molecular flexibility index (Phi) is 11.6. The molecule has 0 bridgehead atoms. The van der Waals surface area contributed by atoms with E-state index in [1.807, 2.05) is 24.3 Å². The predicted molar refractivity (Wildman–Crippen MR) is 200 cm³/mol. The van der Waals surface area contributed by atoms with Crippen LogP contribution in [0.4, 0.5) is 29.3 Å². The summed E-state index contributed by atoms with van der Waals surface area (Å²) in [7, 11) is 2.89. The molecule has 4 amide bonds. The number of alkyl halides is 3. The molecule has 0 radical (unpaired) electrons. The van der Waals surface area contributed by atoms with Crippen LogP contribution in [0.3, 0.4) is 0 Å². The van der Waals surface area contributed by atoms with E-state index in [1.165, 1.54) is 30.9 Å². The average Bonchev–Trinajstić information content (AvgIpc) is 3.23. The number of rotatable bonds is 8. The van der Waals surface area contributed by atoms with Crippen molar-refractivity contribution >= 4 is 61.9 Å². The summed E-state index contributed by atoms with van der Waals surface area (Å²) in [6.07, 6.45) is -8.43. The van der Waals surface area contributed by atoms with Crippen molar-refractivity contribution in [3.63, 3.8) is 0 Å². The van der Waals surface area contributed by atoms with Crippen LogP contribution in [0.25, 0.3) is 10.8 Å². The number of methoxy groups -OCH3 is 1. The third-order valence-electron chi connectivity index (χ3n) is 8.97. The standard InChI is InChI=1S/C39H40BrF3N4O7/c1-22(45(5)37(52)54-38(2,3)4)34(49)44-29-21-47(35(50)24-13-11-23(12-14-24)33(48)39(41,42)43)31-10-8-7-9-30(31)46(36(29)51)20-28-27-17-16-26(40)19-25(27)15-18-32(28)53-6/h7-19,22,29,33,48H,20-21H2,1-6H3,(H,44,49)/t22-,29-,33?/m0/s1. The van der Waals surface area contributed by atoms with Crippen LogP contribution in [0, 0.1) is 0 Å². The molecule has 0 fully saturated rings. The maximum absolute atomic E-state index is 14.8. The van der Waals surface area contributed by atoms with Crippen molar-refractivity contribution in [2.24, 2.45) is 0 Å². The molecule has 11 nitrogen and oxygen atoms in total. The number of aliphatic hydroxyl groups excluding tert-OH is 1.